The summed E-state index contributed by atoms with van der Waals surface area (Å²) >= 11 is 0. The predicted octanol–water partition coefficient (Wildman–Crippen LogP) is 20.4. The molecule has 0 aromatic carbocycles. The molecule has 0 aliphatic rings. The van der Waals surface area contributed by atoms with Gasteiger partial charge in [-0.2, -0.15) is 0 Å². The number of hydrogen-bond acceptors (Lipinski definition) is 0. The van der Waals surface area contributed by atoms with Crippen molar-refractivity contribution >= 4 is 0 Å². The van der Waals surface area contributed by atoms with E-state index in [2.05, 4.69) is 20.8 Å². The van der Waals surface area contributed by atoms with E-state index in [1.807, 2.05) is 0 Å². The molecule has 0 N–H and O–H groups in total. The molecule has 0 saturated carbocycles. The summed E-state index contributed by atoms with van der Waals surface area (Å²) in [5, 5.41) is 0. The minimum absolute atomic E-state index is 1.03. The molecule has 0 heterocycles. The van der Waals surface area contributed by atoms with Crippen LogP contribution in [0, 0.1) is 5.92 Å². The highest BCUT2D eigenvalue weighted by Crippen LogP contribution is 2.25. The second-order valence-corrected chi connectivity index (χ2v) is 18.1. The summed E-state index contributed by atoms with van der Waals surface area (Å²) in [5.41, 5.74) is 0. The molecule has 0 spiro atoms. The third kappa shape index (κ3) is 46.2. The molecule has 52 heavy (non-hydrogen) atoms. The molecule has 0 aromatic rings. The Morgan fingerprint density at radius 2 is 0.269 bits per heavy atom. The van der Waals surface area contributed by atoms with E-state index in [0.29, 0.717) is 0 Å². The molecular weight excluding hydrogens is 625 g/mol. The Hall–Kier alpha value is 0. The predicted molar refractivity (Wildman–Crippen MR) is 242 cm³/mol. The highest BCUT2D eigenvalue weighted by molar-refractivity contribution is 4.63. The zero-order valence-corrected chi connectivity index (χ0v) is 37.5. The van der Waals surface area contributed by atoms with Gasteiger partial charge in [0, 0.05) is 0 Å². The van der Waals surface area contributed by atoms with Gasteiger partial charge in [-0.05, 0) is 5.92 Å². The van der Waals surface area contributed by atoms with Gasteiger partial charge in [0.15, 0.2) is 0 Å². The molecule has 0 amide bonds. The fourth-order valence-corrected chi connectivity index (χ4v) is 8.85. The van der Waals surface area contributed by atoms with Gasteiger partial charge in [-0.15, -0.1) is 0 Å². The molecule has 314 valence electrons. The Bertz CT molecular complexity index is 537. The molecule has 0 nitrogen and oxygen atoms in total. The van der Waals surface area contributed by atoms with Crippen molar-refractivity contribution in [1.82, 2.24) is 0 Å². The van der Waals surface area contributed by atoms with Crippen LogP contribution in [0.5, 0.6) is 0 Å². The maximum atomic E-state index is 2.34. The Morgan fingerprint density at radius 3 is 0.404 bits per heavy atom. The van der Waals surface area contributed by atoms with Gasteiger partial charge in [-0.25, -0.2) is 0 Å². The van der Waals surface area contributed by atoms with Crippen molar-refractivity contribution in [1.29, 1.82) is 0 Å². The van der Waals surface area contributed by atoms with Crippen LogP contribution in [0.25, 0.3) is 0 Å². The maximum Gasteiger partial charge on any atom is -0.0414 e. The summed E-state index contributed by atoms with van der Waals surface area (Å²) in [6, 6.07) is 0. The van der Waals surface area contributed by atoms with Crippen LogP contribution in [0.2, 0.25) is 0 Å². The monoisotopic (exact) mass is 731 g/mol. The Labute approximate surface area is 333 Å². The molecule has 0 atom stereocenters. The average Bonchev–Trinajstić information content (AvgIpc) is 3.15. The molecule has 0 fully saturated rings. The van der Waals surface area contributed by atoms with Gasteiger partial charge in [0.25, 0.3) is 0 Å². The lowest BCUT2D eigenvalue weighted by atomic mass is 9.89. The summed E-state index contributed by atoms with van der Waals surface area (Å²) in [5.74, 6) is 1.03. The SMILES string of the molecule is CCCCCCCCCCCCCCCCCCCCCC(CCCCCCCCC)CCCCCCCCCCCCCCCCCCCCC. The van der Waals surface area contributed by atoms with Gasteiger partial charge < -0.3 is 0 Å². The molecule has 0 saturated heterocycles. The summed E-state index contributed by atoms with van der Waals surface area (Å²) in [6.45, 7) is 6.97. The van der Waals surface area contributed by atoms with Crippen molar-refractivity contribution in [2.75, 3.05) is 0 Å². The van der Waals surface area contributed by atoms with E-state index in [9.17, 15) is 0 Å². The second-order valence-electron chi connectivity index (χ2n) is 18.1. The van der Waals surface area contributed by atoms with Gasteiger partial charge in [0.1, 0.15) is 0 Å². The minimum atomic E-state index is 1.03. The molecule has 0 rings (SSSR count). The minimum Gasteiger partial charge on any atom is -0.0654 e. The van der Waals surface area contributed by atoms with Gasteiger partial charge in [0.05, 0.1) is 0 Å². The quantitative estimate of drug-likeness (QED) is 0.0547. The van der Waals surface area contributed by atoms with Crippen molar-refractivity contribution in [2.45, 2.75) is 329 Å². The Balaban J connectivity index is 3.72. The van der Waals surface area contributed by atoms with E-state index in [-0.39, 0.29) is 0 Å². The first-order valence-electron chi connectivity index (χ1n) is 25.8. The van der Waals surface area contributed by atoms with Crippen LogP contribution in [0.1, 0.15) is 329 Å². The molecule has 0 radical (unpaired) electrons. The van der Waals surface area contributed by atoms with Crippen LogP contribution in [0.15, 0.2) is 0 Å². The molecule has 0 heteroatoms. The van der Waals surface area contributed by atoms with E-state index >= 15 is 0 Å². The van der Waals surface area contributed by atoms with E-state index in [1.54, 1.807) is 0 Å². The molecule has 0 bridgehead atoms. The molecule has 0 aliphatic carbocycles. The van der Waals surface area contributed by atoms with Crippen molar-refractivity contribution < 1.29 is 0 Å². The molecule has 0 unspecified atom stereocenters. The fourth-order valence-electron chi connectivity index (χ4n) is 8.85. The van der Waals surface area contributed by atoms with E-state index < -0.39 is 0 Å². The molecule has 0 aliphatic heterocycles. The third-order valence-electron chi connectivity index (χ3n) is 12.6. The summed E-state index contributed by atoms with van der Waals surface area (Å²) < 4.78 is 0. The summed E-state index contributed by atoms with van der Waals surface area (Å²) in [7, 11) is 0. The van der Waals surface area contributed by atoms with E-state index in [0.717, 1.165) is 5.92 Å². The van der Waals surface area contributed by atoms with Crippen molar-refractivity contribution in [3.05, 3.63) is 0 Å². The lowest BCUT2D eigenvalue weighted by Crippen LogP contribution is -2.01. The van der Waals surface area contributed by atoms with Crippen LogP contribution in [0.4, 0.5) is 0 Å². The highest BCUT2D eigenvalue weighted by atomic mass is 14.1. The number of rotatable bonds is 48. The smallest absolute Gasteiger partial charge is 0.0414 e. The zero-order valence-electron chi connectivity index (χ0n) is 37.5. The summed E-state index contributed by atoms with van der Waals surface area (Å²) in [4.78, 5) is 0. The number of unbranched alkanes of at least 4 members (excludes halogenated alkanes) is 42. The first-order chi connectivity index (χ1) is 25.8. The second kappa shape index (κ2) is 49.0. The molecule has 0 aromatic heterocycles. The first kappa shape index (κ1) is 52.0. The third-order valence-corrected chi connectivity index (χ3v) is 12.6. The highest BCUT2D eigenvalue weighted by Gasteiger charge is 2.09. The first-order valence-corrected chi connectivity index (χ1v) is 25.8. The summed E-state index contributed by atoms with van der Waals surface area (Å²) in [6.07, 6.45) is 71.3. The Morgan fingerprint density at radius 1 is 0.154 bits per heavy atom. The van der Waals surface area contributed by atoms with Gasteiger partial charge in [0.2, 0.25) is 0 Å². The van der Waals surface area contributed by atoms with Crippen LogP contribution in [-0.4, -0.2) is 0 Å². The average molecular weight is 731 g/mol. The van der Waals surface area contributed by atoms with Gasteiger partial charge >= 0.3 is 0 Å². The fraction of sp³-hybridized carbons (Fsp3) is 1.00. The Kier molecular flexibility index (Phi) is 49.0. The standard InChI is InChI=1S/C52H106/c1-4-7-10-13-16-18-20-22-24-26-28-30-32-34-36-38-41-44-47-50-52(49-46-43-40-15-12-9-6-3)51-48-45-42-39-37-35-33-31-29-27-25-23-21-19-17-14-11-8-5-2/h52H,4-51H2,1-3H3. The van der Waals surface area contributed by atoms with Crippen molar-refractivity contribution in [3.63, 3.8) is 0 Å². The largest absolute Gasteiger partial charge is 0.0654 e. The van der Waals surface area contributed by atoms with Crippen LogP contribution < -0.4 is 0 Å². The lowest BCUT2D eigenvalue weighted by molar-refractivity contribution is 0.365. The number of hydrogen-bond donors (Lipinski definition) is 0. The van der Waals surface area contributed by atoms with Crippen LogP contribution >= 0.6 is 0 Å². The van der Waals surface area contributed by atoms with Gasteiger partial charge in [-0.1, -0.05) is 329 Å². The van der Waals surface area contributed by atoms with Crippen molar-refractivity contribution in [3.8, 4) is 0 Å². The lowest BCUT2D eigenvalue weighted by Gasteiger charge is -2.17. The van der Waals surface area contributed by atoms with Crippen LogP contribution in [0.3, 0.4) is 0 Å². The van der Waals surface area contributed by atoms with Crippen LogP contribution in [-0.2, 0) is 0 Å². The van der Waals surface area contributed by atoms with Gasteiger partial charge in [-0.3, -0.25) is 0 Å². The van der Waals surface area contributed by atoms with Crippen molar-refractivity contribution in [2.24, 2.45) is 5.92 Å². The molecular formula is C52H106. The van der Waals surface area contributed by atoms with E-state index in [1.165, 1.54) is 308 Å². The maximum absolute atomic E-state index is 2.34. The zero-order chi connectivity index (χ0) is 37.5. The topological polar surface area (TPSA) is 0 Å². The normalized spacial score (nSPS) is 11.8. The van der Waals surface area contributed by atoms with E-state index in [4.69, 9.17) is 0 Å².